The molecule has 0 bridgehead atoms. The van der Waals surface area contributed by atoms with Crippen molar-refractivity contribution in [3.8, 4) is 5.75 Å². The topological polar surface area (TPSA) is 41.6 Å². The van der Waals surface area contributed by atoms with Gasteiger partial charge < -0.3 is 15.0 Å². The van der Waals surface area contributed by atoms with Crippen LogP contribution in [-0.4, -0.2) is 37.0 Å². The van der Waals surface area contributed by atoms with Gasteiger partial charge in [0.15, 0.2) is 0 Å². The van der Waals surface area contributed by atoms with Gasteiger partial charge in [0.1, 0.15) is 5.75 Å². The third kappa shape index (κ3) is 3.22. The van der Waals surface area contributed by atoms with E-state index in [2.05, 4.69) is 5.32 Å². The normalized spacial score (nSPS) is 17.3. The number of likely N-dealkylation sites (tertiary alicyclic amines) is 1. The molecule has 1 N–H and O–H groups in total. The fourth-order valence-electron chi connectivity index (χ4n) is 2.75. The molecule has 1 heterocycles. The van der Waals surface area contributed by atoms with E-state index >= 15 is 0 Å². The number of carbonyl (C=O) groups excluding carboxylic acids is 1. The number of nitrogens with zero attached hydrogens (tertiary/aromatic N) is 1. The number of hydrogen-bond donors (Lipinski definition) is 1. The summed E-state index contributed by atoms with van der Waals surface area (Å²) in [5.74, 6) is 0.956. The summed E-state index contributed by atoms with van der Waals surface area (Å²) in [5, 5.41) is 3.48. The lowest BCUT2D eigenvalue weighted by molar-refractivity contribution is 0.0791. The van der Waals surface area contributed by atoms with Crippen molar-refractivity contribution in [1.29, 1.82) is 0 Å². The van der Waals surface area contributed by atoms with Crippen molar-refractivity contribution < 1.29 is 9.53 Å². The molecule has 1 amide bonds. The Morgan fingerprint density at radius 2 is 1.86 bits per heavy atom. The van der Waals surface area contributed by atoms with Crippen LogP contribution in [0.25, 0.3) is 0 Å². The number of carbonyl (C=O) groups is 1. The molecule has 1 aliphatic rings. The number of amides is 1. The number of methoxy groups -OCH3 is 1. The third-order valence-electron chi connectivity index (χ3n) is 3.96. The van der Waals surface area contributed by atoms with Gasteiger partial charge in [0, 0.05) is 30.4 Å². The van der Waals surface area contributed by atoms with Crippen LogP contribution in [0, 0.1) is 0 Å². The van der Waals surface area contributed by atoms with Gasteiger partial charge in [-0.25, -0.2) is 0 Å². The van der Waals surface area contributed by atoms with Gasteiger partial charge in [-0.3, -0.25) is 4.79 Å². The average Bonchev–Trinajstić information content (AvgIpc) is 3.04. The minimum absolute atomic E-state index is 0.111. The second kappa shape index (κ2) is 6.52. The Kier molecular flexibility index (Phi) is 4.28. The maximum atomic E-state index is 12.4. The Balaban J connectivity index is 1.59. The van der Waals surface area contributed by atoms with Crippen LogP contribution >= 0.6 is 0 Å². The summed E-state index contributed by atoms with van der Waals surface area (Å²) in [6.07, 6.45) is 0.963. The molecule has 2 aromatic carbocycles. The lowest BCUT2D eigenvalue weighted by Gasteiger charge is -2.18. The SMILES string of the molecule is COc1ccc(N[C@@H]2CCN(C(=O)c3ccccc3)C2)cc1. The van der Waals surface area contributed by atoms with Crippen molar-refractivity contribution >= 4 is 11.6 Å². The number of nitrogens with one attached hydrogen (secondary N) is 1. The number of ether oxygens (including phenoxy) is 1. The molecule has 114 valence electrons. The fraction of sp³-hybridized carbons (Fsp3) is 0.278. The van der Waals surface area contributed by atoms with Crippen molar-refractivity contribution in [1.82, 2.24) is 4.90 Å². The van der Waals surface area contributed by atoms with Gasteiger partial charge in [-0.1, -0.05) is 18.2 Å². The van der Waals surface area contributed by atoms with E-state index in [-0.39, 0.29) is 5.91 Å². The first-order valence-electron chi connectivity index (χ1n) is 7.51. The predicted octanol–water partition coefficient (Wildman–Crippen LogP) is 3.02. The molecular formula is C18H20N2O2. The summed E-state index contributed by atoms with van der Waals surface area (Å²) >= 11 is 0. The van der Waals surface area contributed by atoms with E-state index in [0.717, 1.165) is 36.5 Å². The van der Waals surface area contributed by atoms with Crippen LogP contribution in [0.15, 0.2) is 54.6 Å². The van der Waals surface area contributed by atoms with Crippen LogP contribution < -0.4 is 10.1 Å². The van der Waals surface area contributed by atoms with E-state index in [9.17, 15) is 4.79 Å². The molecule has 1 aliphatic heterocycles. The molecule has 1 fully saturated rings. The molecule has 4 nitrogen and oxygen atoms in total. The van der Waals surface area contributed by atoms with Crippen molar-refractivity contribution in [2.75, 3.05) is 25.5 Å². The quantitative estimate of drug-likeness (QED) is 0.943. The van der Waals surface area contributed by atoms with E-state index in [1.165, 1.54) is 0 Å². The Bertz CT molecular complexity index is 625. The minimum atomic E-state index is 0.111. The van der Waals surface area contributed by atoms with E-state index < -0.39 is 0 Å². The average molecular weight is 296 g/mol. The van der Waals surface area contributed by atoms with Crippen molar-refractivity contribution in [2.24, 2.45) is 0 Å². The summed E-state index contributed by atoms with van der Waals surface area (Å²) in [6.45, 7) is 1.53. The Labute approximate surface area is 130 Å². The van der Waals surface area contributed by atoms with Gasteiger partial charge in [-0.2, -0.15) is 0 Å². The molecule has 1 saturated heterocycles. The Hall–Kier alpha value is -2.49. The zero-order valence-electron chi connectivity index (χ0n) is 12.7. The van der Waals surface area contributed by atoms with E-state index in [4.69, 9.17) is 4.74 Å². The molecule has 1 atom stereocenters. The molecule has 0 radical (unpaired) electrons. The summed E-state index contributed by atoms with van der Waals surface area (Å²) in [4.78, 5) is 14.3. The maximum Gasteiger partial charge on any atom is 0.253 e. The standard InChI is InChI=1S/C18H20N2O2/c1-22-17-9-7-15(8-10-17)19-16-11-12-20(13-16)18(21)14-5-3-2-4-6-14/h2-10,16,19H,11-13H2,1H3/t16-/m1/s1. The first kappa shape index (κ1) is 14.4. The molecule has 0 saturated carbocycles. The van der Waals surface area contributed by atoms with Crippen LogP contribution in [-0.2, 0) is 0 Å². The number of benzene rings is 2. The molecular weight excluding hydrogens is 276 g/mol. The van der Waals surface area contributed by atoms with Gasteiger partial charge in [0.05, 0.1) is 7.11 Å². The highest BCUT2D eigenvalue weighted by Crippen LogP contribution is 2.20. The van der Waals surface area contributed by atoms with Crippen LogP contribution in [0.1, 0.15) is 16.8 Å². The van der Waals surface area contributed by atoms with Gasteiger partial charge in [0.2, 0.25) is 0 Å². The molecule has 0 aromatic heterocycles. The van der Waals surface area contributed by atoms with Crippen molar-refractivity contribution in [3.63, 3.8) is 0 Å². The van der Waals surface area contributed by atoms with Crippen LogP contribution in [0.5, 0.6) is 5.75 Å². The predicted molar refractivity (Wildman–Crippen MR) is 87.4 cm³/mol. The van der Waals surface area contributed by atoms with Crippen LogP contribution in [0.2, 0.25) is 0 Å². The lowest BCUT2D eigenvalue weighted by Crippen LogP contribution is -2.31. The zero-order valence-corrected chi connectivity index (χ0v) is 12.7. The summed E-state index contributed by atoms with van der Waals surface area (Å²) < 4.78 is 5.16. The first-order chi connectivity index (χ1) is 10.8. The highest BCUT2D eigenvalue weighted by Gasteiger charge is 2.26. The fourth-order valence-corrected chi connectivity index (χ4v) is 2.75. The smallest absolute Gasteiger partial charge is 0.253 e. The van der Waals surface area contributed by atoms with Gasteiger partial charge in [0.25, 0.3) is 5.91 Å². The Morgan fingerprint density at radius 1 is 1.14 bits per heavy atom. The van der Waals surface area contributed by atoms with Crippen molar-refractivity contribution in [3.05, 3.63) is 60.2 Å². The molecule has 3 rings (SSSR count). The molecule has 0 unspecified atom stereocenters. The second-order valence-electron chi connectivity index (χ2n) is 5.48. The maximum absolute atomic E-state index is 12.4. The number of hydrogen-bond acceptors (Lipinski definition) is 3. The van der Waals surface area contributed by atoms with Gasteiger partial charge >= 0.3 is 0 Å². The lowest BCUT2D eigenvalue weighted by atomic mass is 10.2. The summed E-state index contributed by atoms with van der Waals surface area (Å²) in [7, 11) is 1.66. The van der Waals surface area contributed by atoms with Crippen LogP contribution in [0.3, 0.4) is 0 Å². The molecule has 0 spiro atoms. The third-order valence-corrected chi connectivity index (χ3v) is 3.96. The summed E-state index contributed by atoms with van der Waals surface area (Å²) in [6, 6.07) is 17.6. The molecule has 22 heavy (non-hydrogen) atoms. The molecule has 2 aromatic rings. The van der Waals surface area contributed by atoms with Crippen LogP contribution in [0.4, 0.5) is 5.69 Å². The second-order valence-corrected chi connectivity index (χ2v) is 5.48. The highest BCUT2D eigenvalue weighted by molar-refractivity contribution is 5.94. The summed E-state index contributed by atoms with van der Waals surface area (Å²) in [5.41, 5.74) is 1.81. The van der Waals surface area contributed by atoms with E-state index in [1.54, 1.807) is 7.11 Å². The first-order valence-corrected chi connectivity index (χ1v) is 7.51. The molecule has 4 heteroatoms. The highest BCUT2D eigenvalue weighted by atomic mass is 16.5. The number of rotatable bonds is 4. The van der Waals surface area contributed by atoms with Gasteiger partial charge in [-0.05, 0) is 42.8 Å². The zero-order chi connectivity index (χ0) is 15.4. The largest absolute Gasteiger partial charge is 0.497 e. The van der Waals surface area contributed by atoms with Crippen molar-refractivity contribution in [2.45, 2.75) is 12.5 Å². The Morgan fingerprint density at radius 3 is 2.55 bits per heavy atom. The van der Waals surface area contributed by atoms with Gasteiger partial charge in [-0.15, -0.1) is 0 Å². The molecule has 0 aliphatic carbocycles. The van der Waals surface area contributed by atoms with E-state index in [0.29, 0.717) is 6.04 Å². The van der Waals surface area contributed by atoms with E-state index in [1.807, 2.05) is 59.5 Å². The minimum Gasteiger partial charge on any atom is -0.497 e. The monoisotopic (exact) mass is 296 g/mol. The number of anilines is 1.